The summed E-state index contributed by atoms with van der Waals surface area (Å²) in [5.74, 6) is 0.245. The quantitative estimate of drug-likeness (QED) is 0.803. The monoisotopic (exact) mass is 344 g/mol. The summed E-state index contributed by atoms with van der Waals surface area (Å²) < 4.78 is 0. The molecule has 0 radical (unpaired) electrons. The number of amides is 2. The number of hydrogen-bond donors (Lipinski definition) is 1. The highest BCUT2D eigenvalue weighted by atomic mass is 16.2. The number of carbonyl (C=O) groups is 3. The average Bonchev–Trinajstić information content (AvgIpc) is 2.63. The molecule has 0 bridgehead atoms. The topological polar surface area (TPSA) is 66.5 Å². The van der Waals surface area contributed by atoms with Crippen LogP contribution in [0, 0.1) is 11.8 Å². The van der Waals surface area contributed by atoms with E-state index in [2.05, 4.69) is 5.32 Å². The first-order valence-corrected chi connectivity index (χ1v) is 9.16. The second kappa shape index (κ2) is 8.79. The molecule has 1 aromatic rings. The summed E-state index contributed by atoms with van der Waals surface area (Å²) in [5.41, 5.74) is 1.34. The predicted molar refractivity (Wildman–Crippen MR) is 98.5 cm³/mol. The van der Waals surface area contributed by atoms with Gasteiger partial charge >= 0.3 is 0 Å². The zero-order valence-electron chi connectivity index (χ0n) is 15.4. The van der Waals surface area contributed by atoms with E-state index in [4.69, 9.17) is 0 Å². The lowest BCUT2D eigenvalue weighted by Crippen LogP contribution is -2.38. The lowest BCUT2D eigenvalue weighted by molar-refractivity contribution is -0.137. The fourth-order valence-corrected chi connectivity index (χ4v) is 3.43. The Kier molecular flexibility index (Phi) is 6.73. The molecule has 136 valence electrons. The fourth-order valence-electron chi connectivity index (χ4n) is 3.43. The lowest BCUT2D eigenvalue weighted by Gasteiger charge is -2.30. The number of Topliss-reactive ketones (excluding diaryl/α,β-unsaturated/α-hetero) is 1. The summed E-state index contributed by atoms with van der Waals surface area (Å²) >= 11 is 0. The van der Waals surface area contributed by atoms with Crippen molar-refractivity contribution in [1.82, 2.24) is 4.90 Å². The second-order valence-corrected chi connectivity index (χ2v) is 6.68. The van der Waals surface area contributed by atoms with Crippen molar-refractivity contribution in [3.8, 4) is 0 Å². The highest BCUT2D eigenvalue weighted by Crippen LogP contribution is 2.31. The zero-order valence-corrected chi connectivity index (χ0v) is 15.4. The van der Waals surface area contributed by atoms with Crippen molar-refractivity contribution < 1.29 is 14.4 Å². The molecule has 2 amide bonds. The van der Waals surface area contributed by atoms with Crippen LogP contribution in [0.15, 0.2) is 24.3 Å². The summed E-state index contributed by atoms with van der Waals surface area (Å²) in [6.45, 7) is 7.00. The maximum Gasteiger partial charge on any atom is 0.227 e. The van der Waals surface area contributed by atoms with E-state index in [1.54, 1.807) is 24.3 Å². The van der Waals surface area contributed by atoms with E-state index >= 15 is 0 Å². The summed E-state index contributed by atoms with van der Waals surface area (Å²) in [6, 6.07) is 6.95. The van der Waals surface area contributed by atoms with Gasteiger partial charge in [0, 0.05) is 36.2 Å². The molecule has 1 aliphatic carbocycles. The van der Waals surface area contributed by atoms with Gasteiger partial charge in [0.15, 0.2) is 5.78 Å². The Bertz CT molecular complexity index is 612. The number of anilines is 1. The maximum absolute atomic E-state index is 12.4. The Hall–Kier alpha value is -2.17. The molecule has 0 spiro atoms. The Morgan fingerprint density at radius 2 is 1.48 bits per heavy atom. The molecule has 0 aliphatic heterocycles. The number of nitrogens with zero attached hydrogens (tertiary/aromatic N) is 1. The number of carbonyl (C=O) groups excluding carboxylic acids is 3. The molecule has 0 saturated heterocycles. The molecule has 1 aliphatic rings. The van der Waals surface area contributed by atoms with Crippen LogP contribution in [0.1, 0.15) is 56.8 Å². The standard InChI is InChI=1S/C20H28N2O3/c1-4-22(5-2)20(25)17-8-6-16(7-9-17)19(24)21-18-12-10-15(11-13-18)14(3)23/h10-13,16-17H,4-9H2,1-3H3,(H,21,24). The van der Waals surface area contributed by atoms with Crippen LogP contribution in [-0.4, -0.2) is 35.6 Å². The van der Waals surface area contributed by atoms with Gasteiger partial charge in [-0.2, -0.15) is 0 Å². The first-order valence-electron chi connectivity index (χ1n) is 9.16. The van der Waals surface area contributed by atoms with Crippen LogP contribution in [0.25, 0.3) is 0 Å². The molecular weight excluding hydrogens is 316 g/mol. The summed E-state index contributed by atoms with van der Waals surface area (Å²) in [5, 5.41) is 2.92. The molecule has 0 unspecified atom stereocenters. The molecule has 1 fully saturated rings. The van der Waals surface area contributed by atoms with Gasteiger partial charge in [0.25, 0.3) is 0 Å². The van der Waals surface area contributed by atoms with Crippen molar-refractivity contribution >= 4 is 23.3 Å². The normalized spacial score (nSPS) is 20.0. The number of benzene rings is 1. The highest BCUT2D eigenvalue weighted by molar-refractivity contribution is 5.96. The molecule has 5 heteroatoms. The zero-order chi connectivity index (χ0) is 18.4. The fraction of sp³-hybridized carbons (Fsp3) is 0.550. The van der Waals surface area contributed by atoms with Crippen LogP contribution >= 0.6 is 0 Å². The number of nitrogens with one attached hydrogen (secondary N) is 1. The average molecular weight is 344 g/mol. The lowest BCUT2D eigenvalue weighted by atomic mass is 9.81. The molecule has 1 N–H and O–H groups in total. The van der Waals surface area contributed by atoms with Gasteiger partial charge in [0.1, 0.15) is 0 Å². The van der Waals surface area contributed by atoms with E-state index < -0.39 is 0 Å². The molecule has 1 saturated carbocycles. The smallest absolute Gasteiger partial charge is 0.227 e. The Labute approximate surface area is 149 Å². The van der Waals surface area contributed by atoms with Crippen molar-refractivity contribution in [3.05, 3.63) is 29.8 Å². The first-order chi connectivity index (χ1) is 12.0. The van der Waals surface area contributed by atoms with Crippen LogP contribution in [0.4, 0.5) is 5.69 Å². The van der Waals surface area contributed by atoms with Gasteiger partial charge in [-0.1, -0.05) is 0 Å². The Balaban J connectivity index is 1.86. The first kappa shape index (κ1) is 19.2. The SMILES string of the molecule is CCN(CC)C(=O)C1CCC(C(=O)Nc2ccc(C(C)=O)cc2)CC1. The van der Waals surface area contributed by atoms with Gasteiger partial charge in [-0.15, -0.1) is 0 Å². The largest absolute Gasteiger partial charge is 0.343 e. The van der Waals surface area contributed by atoms with Gasteiger partial charge in [0.05, 0.1) is 0 Å². The van der Waals surface area contributed by atoms with Crippen LogP contribution in [0.3, 0.4) is 0 Å². The number of hydrogen-bond acceptors (Lipinski definition) is 3. The third-order valence-corrected chi connectivity index (χ3v) is 5.08. The van der Waals surface area contributed by atoms with Gasteiger partial charge in [-0.3, -0.25) is 14.4 Å². The van der Waals surface area contributed by atoms with E-state index in [1.165, 1.54) is 6.92 Å². The van der Waals surface area contributed by atoms with Crippen LogP contribution in [0.2, 0.25) is 0 Å². The molecule has 0 heterocycles. The second-order valence-electron chi connectivity index (χ2n) is 6.68. The van der Waals surface area contributed by atoms with Crippen molar-refractivity contribution in [3.63, 3.8) is 0 Å². The van der Waals surface area contributed by atoms with Crippen molar-refractivity contribution in [2.75, 3.05) is 18.4 Å². The molecule has 1 aromatic carbocycles. The minimum Gasteiger partial charge on any atom is -0.343 e. The minimum absolute atomic E-state index is 0.00399. The maximum atomic E-state index is 12.4. The molecule has 5 nitrogen and oxygen atoms in total. The van der Waals surface area contributed by atoms with E-state index in [1.807, 2.05) is 18.7 Å². The van der Waals surface area contributed by atoms with Gasteiger partial charge in [0.2, 0.25) is 11.8 Å². The van der Waals surface area contributed by atoms with Gasteiger partial charge < -0.3 is 10.2 Å². The molecule has 0 atom stereocenters. The highest BCUT2D eigenvalue weighted by Gasteiger charge is 2.31. The third kappa shape index (κ3) is 4.91. The van der Waals surface area contributed by atoms with Crippen LogP contribution < -0.4 is 5.32 Å². The minimum atomic E-state index is -0.0479. The van der Waals surface area contributed by atoms with Crippen LogP contribution in [-0.2, 0) is 9.59 Å². The summed E-state index contributed by atoms with van der Waals surface area (Å²) in [7, 11) is 0. The van der Waals surface area contributed by atoms with Gasteiger partial charge in [-0.05, 0) is 70.7 Å². The van der Waals surface area contributed by atoms with E-state index in [0.717, 1.165) is 38.8 Å². The van der Waals surface area contributed by atoms with E-state index in [-0.39, 0.29) is 29.4 Å². The summed E-state index contributed by atoms with van der Waals surface area (Å²) in [6.07, 6.45) is 3.04. The van der Waals surface area contributed by atoms with Crippen LogP contribution in [0.5, 0.6) is 0 Å². The van der Waals surface area contributed by atoms with E-state index in [9.17, 15) is 14.4 Å². The van der Waals surface area contributed by atoms with Crippen molar-refractivity contribution in [2.45, 2.75) is 46.5 Å². The molecule has 2 rings (SSSR count). The molecule has 25 heavy (non-hydrogen) atoms. The molecule has 0 aromatic heterocycles. The van der Waals surface area contributed by atoms with E-state index in [0.29, 0.717) is 11.3 Å². The predicted octanol–water partition coefficient (Wildman–Crippen LogP) is 3.50. The summed E-state index contributed by atoms with van der Waals surface area (Å²) in [4.78, 5) is 38.0. The number of rotatable bonds is 6. The Morgan fingerprint density at radius 3 is 1.96 bits per heavy atom. The van der Waals surface area contributed by atoms with Crippen molar-refractivity contribution in [2.24, 2.45) is 11.8 Å². The van der Waals surface area contributed by atoms with Gasteiger partial charge in [-0.25, -0.2) is 0 Å². The molecular formula is C20H28N2O3. The van der Waals surface area contributed by atoms with Crippen molar-refractivity contribution in [1.29, 1.82) is 0 Å². The third-order valence-electron chi connectivity index (χ3n) is 5.08. The Morgan fingerprint density at radius 1 is 0.960 bits per heavy atom. The number of ketones is 1.